The lowest BCUT2D eigenvalue weighted by Gasteiger charge is -2.06. The Morgan fingerprint density at radius 1 is 1.27 bits per heavy atom. The Hall–Kier alpha value is -0.510. The van der Waals surface area contributed by atoms with E-state index >= 15 is 0 Å². The number of hydrogen-bond donors (Lipinski definition) is 2. The van der Waals surface area contributed by atoms with E-state index in [0.29, 0.717) is 15.9 Å². The Bertz CT molecular complexity index is 307. The van der Waals surface area contributed by atoms with Crippen LogP contribution in [0.25, 0.3) is 0 Å². The summed E-state index contributed by atoms with van der Waals surface area (Å²) < 4.78 is 0. The number of nitrogens with one attached hydrogen (secondary N) is 1. The second-order valence-corrected chi connectivity index (χ2v) is 4.04. The Labute approximate surface area is 99.4 Å². The number of unbranched alkanes of at least 4 members (excludes halogenated alkanes) is 2. The van der Waals surface area contributed by atoms with E-state index in [1.54, 1.807) is 12.3 Å². The second kappa shape index (κ2) is 6.88. The van der Waals surface area contributed by atoms with Gasteiger partial charge in [-0.05, 0) is 25.3 Å². The summed E-state index contributed by atoms with van der Waals surface area (Å²) in [5, 5.41) is 12.8. The van der Waals surface area contributed by atoms with E-state index in [1.165, 1.54) is 0 Å². The molecular weight excluding hydrogens is 235 g/mol. The summed E-state index contributed by atoms with van der Waals surface area (Å²) in [6.07, 6.45) is 4.38. The summed E-state index contributed by atoms with van der Waals surface area (Å²) in [6, 6.07) is 1.66. The molecule has 1 aromatic rings. The first kappa shape index (κ1) is 12.6. The molecule has 0 saturated carbocycles. The monoisotopic (exact) mass is 248 g/mol. The summed E-state index contributed by atoms with van der Waals surface area (Å²) in [7, 11) is 0. The number of aromatic nitrogens is 1. The first-order valence-corrected chi connectivity index (χ1v) is 5.65. The number of hydrogen-bond acceptors (Lipinski definition) is 3. The minimum Gasteiger partial charge on any atom is -0.396 e. The van der Waals surface area contributed by atoms with Gasteiger partial charge in [-0.2, -0.15) is 0 Å². The number of nitrogens with zero attached hydrogens (tertiary/aromatic N) is 1. The van der Waals surface area contributed by atoms with Gasteiger partial charge in [0.15, 0.2) is 0 Å². The number of rotatable bonds is 6. The number of halogens is 2. The molecular formula is C10H14Cl2N2O. The van der Waals surface area contributed by atoms with E-state index in [9.17, 15) is 0 Å². The van der Waals surface area contributed by atoms with E-state index in [4.69, 9.17) is 28.3 Å². The highest BCUT2D eigenvalue weighted by atomic mass is 35.5. The van der Waals surface area contributed by atoms with Crippen LogP contribution in [0.5, 0.6) is 0 Å². The first-order chi connectivity index (χ1) is 7.24. The lowest BCUT2D eigenvalue weighted by molar-refractivity contribution is 0.283. The average Bonchev–Trinajstić information content (AvgIpc) is 2.20. The summed E-state index contributed by atoms with van der Waals surface area (Å²) in [5.74, 6) is 0.657. The minimum atomic E-state index is 0.250. The summed E-state index contributed by atoms with van der Waals surface area (Å²) in [4.78, 5) is 4.07. The third kappa shape index (κ3) is 4.69. The molecule has 0 aliphatic rings. The Morgan fingerprint density at radius 3 is 2.73 bits per heavy atom. The molecule has 0 aromatic carbocycles. The molecule has 5 heteroatoms. The molecule has 0 aliphatic heterocycles. The maximum atomic E-state index is 8.59. The van der Waals surface area contributed by atoms with Crippen molar-refractivity contribution in [2.75, 3.05) is 18.5 Å². The Balaban J connectivity index is 2.31. The predicted octanol–water partition coefficient (Wildman–Crippen LogP) is 2.96. The highest BCUT2D eigenvalue weighted by Gasteiger charge is 2.01. The third-order valence-corrected chi connectivity index (χ3v) is 2.43. The number of aliphatic hydroxyl groups excluding tert-OH is 1. The molecule has 0 unspecified atom stereocenters. The van der Waals surface area contributed by atoms with Crippen LogP contribution in [0.4, 0.5) is 5.82 Å². The molecule has 0 saturated heterocycles. The minimum absolute atomic E-state index is 0.250. The Kier molecular flexibility index (Phi) is 5.76. The Morgan fingerprint density at radius 2 is 2.07 bits per heavy atom. The maximum absolute atomic E-state index is 8.59. The molecule has 1 aromatic heterocycles. The molecule has 2 N–H and O–H groups in total. The SMILES string of the molecule is OCCCCCNc1ncc(Cl)cc1Cl. The lowest BCUT2D eigenvalue weighted by atomic mass is 10.2. The molecule has 15 heavy (non-hydrogen) atoms. The largest absolute Gasteiger partial charge is 0.396 e. The van der Waals surface area contributed by atoms with Crippen LogP contribution in [0.3, 0.4) is 0 Å². The first-order valence-electron chi connectivity index (χ1n) is 4.90. The van der Waals surface area contributed by atoms with Crippen molar-refractivity contribution < 1.29 is 5.11 Å². The van der Waals surface area contributed by atoms with E-state index < -0.39 is 0 Å². The molecule has 0 amide bonds. The zero-order valence-electron chi connectivity index (χ0n) is 8.34. The van der Waals surface area contributed by atoms with Crippen molar-refractivity contribution in [2.24, 2.45) is 0 Å². The summed E-state index contributed by atoms with van der Waals surface area (Å²) >= 11 is 11.6. The van der Waals surface area contributed by atoms with Crippen molar-refractivity contribution in [3.8, 4) is 0 Å². The molecule has 3 nitrogen and oxygen atoms in total. The number of pyridine rings is 1. The van der Waals surface area contributed by atoms with Gasteiger partial charge in [0.2, 0.25) is 0 Å². The number of anilines is 1. The van der Waals surface area contributed by atoms with Crippen molar-refractivity contribution >= 4 is 29.0 Å². The van der Waals surface area contributed by atoms with Gasteiger partial charge in [0.05, 0.1) is 10.0 Å². The molecule has 0 bridgehead atoms. The van der Waals surface area contributed by atoms with E-state index in [2.05, 4.69) is 10.3 Å². The van der Waals surface area contributed by atoms with Gasteiger partial charge >= 0.3 is 0 Å². The third-order valence-electron chi connectivity index (χ3n) is 1.94. The smallest absolute Gasteiger partial charge is 0.144 e. The van der Waals surface area contributed by atoms with Crippen LogP contribution in [0, 0.1) is 0 Å². The zero-order chi connectivity index (χ0) is 11.1. The molecule has 0 radical (unpaired) electrons. The van der Waals surface area contributed by atoms with E-state index in [0.717, 1.165) is 25.8 Å². The van der Waals surface area contributed by atoms with Gasteiger partial charge in [-0.3, -0.25) is 0 Å². The molecule has 1 heterocycles. The molecule has 84 valence electrons. The highest BCUT2D eigenvalue weighted by Crippen LogP contribution is 2.22. The van der Waals surface area contributed by atoms with E-state index in [-0.39, 0.29) is 6.61 Å². The predicted molar refractivity (Wildman–Crippen MR) is 63.7 cm³/mol. The van der Waals surface area contributed by atoms with Crippen LogP contribution in [-0.4, -0.2) is 23.2 Å². The van der Waals surface area contributed by atoms with Gasteiger partial charge in [0.1, 0.15) is 5.82 Å². The fourth-order valence-corrected chi connectivity index (χ4v) is 1.61. The summed E-state index contributed by atoms with van der Waals surface area (Å²) in [6.45, 7) is 1.05. The summed E-state index contributed by atoms with van der Waals surface area (Å²) in [5.41, 5.74) is 0. The fraction of sp³-hybridized carbons (Fsp3) is 0.500. The van der Waals surface area contributed by atoms with Gasteiger partial charge in [0, 0.05) is 19.3 Å². The van der Waals surface area contributed by atoms with Gasteiger partial charge in [-0.15, -0.1) is 0 Å². The lowest BCUT2D eigenvalue weighted by Crippen LogP contribution is -2.04. The second-order valence-electron chi connectivity index (χ2n) is 3.20. The van der Waals surface area contributed by atoms with E-state index in [1.807, 2.05) is 0 Å². The molecule has 0 atom stereocenters. The van der Waals surface area contributed by atoms with Gasteiger partial charge in [-0.1, -0.05) is 23.2 Å². The van der Waals surface area contributed by atoms with Crippen LogP contribution in [0.1, 0.15) is 19.3 Å². The molecule has 0 spiro atoms. The van der Waals surface area contributed by atoms with Crippen LogP contribution in [0.2, 0.25) is 10.0 Å². The van der Waals surface area contributed by atoms with Gasteiger partial charge in [0.25, 0.3) is 0 Å². The van der Waals surface area contributed by atoms with Crippen LogP contribution in [-0.2, 0) is 0 Å². The van der Waals surface area contributed by atoms with Crippen molar-refractivity contribution in [3.05, 3.63) is 22.3 Å². The average molecular weight is 249 g/mol. The molecule has 1 rings (SSSR count). The molecule has 0 aliphatic carbocycles. The standard InChI is InChI=1S/C10H14Cl2N2O/c11-8-6-9(12)10(14-7-8)13-4-2-1-3-5-15/h6-7,15H,1-5H2,(H,13,14). The van der Waals surface area contributed by atoms with Crippen LogP contribution in [0.15, 0.2) is 12.3 Å². The quantitative estimate of drug-likeness (QED) is 0.762. The highest BCUT2D eigenvalue weighted by molar-refractivity contribution is 6.35. The van der Waals surface area contributed by atoms with Gasteiger partial charge < -0.3 is 10.4 Å². The fourth-order valence-electron chi connectivity index (χ4n) is 1.17. The normalized spacial score (nSPS) is 10.3. The topological polar surface area (TPSA) is 45.1 Å². The van der Waals surface area contributed by atoms with Gasteiger partial charge in [-0.25, -0.2) is 4.98 Å². The molecule has 0 fully saturated rings. The maximum Gasteiger partial charge on any atom is 0.144 e. The zero-order valence-corrected chi connectivity index (χ0v) is 9.85. The van der Waals surface area contributed by atoms with Crippen molar-refractivity contribution in [2.45, 2.75) is 19.3 Å². The number of aliphatic hydroxyl groups is 1. The van der Waals surface area contributed by atoms with Crippen LogP contribution < -0.4 is 5.32 Å². The van der Waals surface area contributed by atoms with Crippen molar-refractivity contribution in [1.82, 2.24) is 4.98 Å². The van der Waals surface area contributed by atoms with Crippen molar-refractivity contribution in [1.29, 1.82) is 0 Å². The van der Waals surface area contributed by atoms with Crippen LogP contribution >= 0.6 is 23.2 Å². The van der Waals surface area contributed by atoms with Crippen molar-refractivity contribution in [3.63, 3.8) is 0 Å².